The molecule has 1 atom stereocenters. The highest BCUT2D eigenvalue weighted by Crippen LogP contribution is 2.21. The van der Waals surface area contributed by atoms with Crippen LogP contribution in [0.4, 0.5) is 5.69 Å². The van der Waals surface area contributed by atoms with Gasteiger partial charge in [-0.05, 0) is 59.6 Å². The van der Waals surface area contributed by atoms with Crippen LogP contribution >= 0.6 is 0 Å². The predicted octanol–water partition coefficient (Wildman–Crippen LogP) is 2.51. The molecule has 138 valence electrons. The molecule has 3 aromatic rings. The van der Waals surface area contributed by atoms with E-state index in [1.807, 2.05) is 30.3 Å². The number of nitrogens with one attached hydrogen (secondary N) is 1. The van der Waals surface area contributed by atoms with E-state index in [0.717, 1.165) is 43.9 Å². The van der Waals surface area contributed by atoms with Crippen molar-refractivity contribution in [2.24, 2.45) is 5.92 Å². The first-order valence-electron chi connectivity index (χ1n) is 9.18. The number of anilines is 1. The van der Waals surface area contributed by atoms with E-state index in [1.54, 1.807) is 4.68 Å². The van der Waals surface area contributed by atoms with Crippen LogP contribution < -0.4 is 5.32 Å². The summed E-state index contributed by atoms with van der Waals surface area (Å²) in [6.07, 6.45) is 3.51. The predicted molar refractivity (Wildman–Crippen MR) is 102 cm³/mol. The Balaban J connectivity index is 1.35. The van der Waals surface area contributed by atoms with Gasteiger partial charge in [0.05, 0.1) is 11.6 Å². The van der Waals surface area contributed by atoms with Gasteiger partial charge in [-0.3, -0.25) is 9.69 Å². The summed E-state index contributed by atoms with van der Waals surface area (Å²) in [5, 5.41) is 14.1. The van der Waals surface area contributed by atoms with Crippen molar-refractivity contribution in [2.45, 2.75) is 19.4 Å². The fraction of sp³-hybridized carbons (Fsp3) is 0.300. The van der Waals surface area contributed by atoms with Crippen molar-refractivity contribution in [2.75, 3.05) is 18.4 Å². The zero-order chi connectivity index (χ0) is 18.5. The molecule has 1 aliphatic heterocycles. The summed E-state index contributed by atoms with van der Waals surface area (Å²) in [5.41, 5.74) is 2.93. The normalized spacial score (nSPS) is 17.6. The third-order valence-corrected chi connectivity index (χ3v) is 4.87. The Bertz CT molecular complexity index is 863. The molecule has 4 rings (SSSR count). The molecule has 2 aromatic carbocycles. The molecule has 1 amide bonds. The average Bonchev–Trinajstić information content (AvgIpc) is 3.24. The number of tetrazole rings is 1. The number of carbonyl (C=O) groups excluding carboxylic acids is 1. The molecule has 27 heavy (non-hydrogen) atoms. The molecule has 1 fully saturated rings. The summed E-state index contributed by atoms with van der Waals surface area (Å²) < 4.78 is 1.58. The highest BCUT2D eigenvalue weighted by molar-refractivity contribution is 5.92. The number of nitrogens with zero attached hydrogens (tertiary/aromatic N) is 5. The lowest BCUT2D eigenvalue weighted by atomic mass is 9.96. The molecule has 1 N–H and O–H groups in total. The van der Waals surface area contributed by atoms with Gasteiger partial charge in [-0.2, -0.15) is 0 Å². The summed E-state index contributed by atoms with van der Waals surface area (Å²) in [4.78, 5) is 15.1. The Morgan fingerprint density at radius 1 is 1.11 bits per heavy atom. The van der Waals surface area contributed by atoms with E-state index in [1.165, 1.54) is 11.9 Å². The number of likely N-dealkylation sites (tertiary alicyclic amines) is 1. The zero-order valence-electron chi connectivity index (χ0n) is 15.0. The Morgan fingerprint density at radius 2 is 1.93 bits per heavy atom. The maximum absolute atomic E-state index is 12.7. The monoisotopic (exact) mass is 362 g/mol. The Labute approximate surface area is 158 Å². The second kappa shape index (κ2) is 8.09. The molecule has 1 unspecified atom stereocenters. The van der Waals surface area contributed by atoms with Crippen molar-refractivity contribution in [3.63, 3.8) is 0 Å². The first-order chi connectivity index (χ1) is 13.3. The van der Waals surface area contributed by atoms with E-state index in [-0.39, 0.29) is 11.8 Å². The van der Waals surface area contributed by atoms with Gasteiger partial charge in [0, 0.05) is 18.8 Å². The van der Waals surface area contributed by atoms with Crippen LogP contribution in [-0.4, -0.2) is 44.1 Å². The van der Waals surface area contributed by atoms with Crippen LogP contribution in [0.2, 0.25) is 0 Å². The number of hydrogen-bond donors (Lipinski definition) is 1. The van der Waals surface area contributed by atoms with Crippen LogP contribution in [0, 0.1) is 5.92 Å². The third-order valence-electron chi connectivity index (χ3n) is 4.87. The molecule has 0 radical (unpaired) electrons. The van der Waals surface area contributed by atoms with Crippen molar-refractivity contribution in [1.82, 2.24) is 25.1 Å². The maximum Gasteiger partial charge on any atom is 0.228 e. The topological polar surface area (TPSA) is 75.9 Å². The first kappa shape index (κ1) is 17.4. The molecule has 7 nitrogen and oxygen atoms in total. The van der Waals surface area contributed by atoms with Gasteiger partial charge in [0.2, 0.25) is 5.91 Å². The van der Waals surface area contributed by atoms with Gasteiger partial charge in [-0.15, -0.1) is 5.10 Å². The standard InChI is InChI=1S/C20H22N6O/c27-20(22-18-8-10-19(11-9-18)26-15-21-23-24-26)17-7-4-12-25(14-17)13-16-5-2-1-3-6-16/h1-3,5-6,8-11,15,17H,4,7,12-14H2,(H,22,27). The largest absolute Gasteiger partial charge is 0.326 e. The van der Waals surface area contributed by atoms with E-state index >= 15 is 0 Å². The van der Waals surface area contributed by atoms with Crippen LogP contribution in [0.25, 0.3) is 5.69 Å². The highest BCUT2D eigenvalue weighted by Gasteiger charge is 2.25. The van der Waals surface area contributed by atoms with Gasteiger partial charge < -0.3 is 5.32 Å². The molecule has 0 saturated carbocycles. The quantitative estimate of drug-likeness (QED) is 0.755. The van der Waals surface area contributed by atoms with Gasteiger partial charge in [0.1, 0.15) is 6.33 Å². The van der Waals surface area contributed by atoms with Crippen LogP contribution in [0.15, 0.2) is 60.9 Å². The molecule has 1 aromatic heterocycles. The van der Waals surface area contributed by atoms with Crippen molar-refractivity contribution in [1.29, 1.82) is 0 Å². The lowest BCUT2D eigenvalue weighted by Crippen LogP contribution is -2.40. The molecular formula is C20H22N6O. The molecule has 0 bridgehead atoms. The minimum absolute atomic E-state index is 0.0154. The molecule has 0 spiro atoms. The number of rotatable bonds is 5. The number of piperidine rings is 1. The fourth-order valence-electron chi connectivity index (χ4n) is 3.48. The summed E-state index contributed by atoms with van der Waals surface area (Å²) >= 11 is 0. The summed E-state index contributed by atoms with van der Waals surface area (Å²) in [6.45, 7) is 2.73. The first-order valence-corrected chi connectivity index (χ1v) is 9.18. The minimum atomic E-state index is 0.0154. The van der Waals surface area contributed by atoms with Crippen LogP contribution in [0.5, 0.6) is 0 Å². The highest BCUT2D eigenvalue weighted by atomic mass is 16.1. The van der Waals surface area contributed by atoms with Crippen molar-refractivity contribution >= 4 is 11.6 Å². The van der Waals surface area contributed by atoms with Crippen LogP contribution in [0.1, 0.15) is 18.4 Å². The van der Waals surface area contributed by atoms with Crippen molar-refractivity contribution in [3.05, 3.63) is 66.5 Å². The number of benzene rings is 2. The number of aromatic nitrogens is 4. The molecule has 7 heteroatoms. The smallest absolute Gasteiger partial charge is 0.228 e. The van der Waals surface area contributed by atoms with Crippen molar-refractivity contribution in [3.8, 4) is 5.69 Å². The maximum atomic E-state index is 12.7. The van der Waals surface area contributed by atoms with E-state index in [2.05, 4.69) is 50.0 Å². The second-order valence-corrected chi connectivity index (χ2v) is 6.85. The molecular weight excluding hydrogens is 340 g/mol. The third kappa shape index (κ3) is 4.38. The van der Waals surface area contributed by atoms with Gasteiger partial charge in [0.15, 0.2) is 0 Å². The SMILES string of the molecule is O=C(Nc1ccc(-n2cnnn2)cc1)C1CCCN(Cc2ccccc2)C1. The lowest BCUT2D eigenvalue weighted by Gasteiger charge is -2.32. The molecule has 2 heterocycles. The fourth-order valence-corrected chi connectivity index (χ4v) is 3.48. The van der Waals surface area contributed by atoms with E-state index < -0.39 is 0 Å². The summed E-state index contributed by atoms with van der Waals surface area (Å²) in [6, 6.07) is 17.9. The lowest BCUT2D eigenvalue weighted by molar-refractivity contribution is -0.121. The van der Waals surface area contributed by atoms with E-state index in [4.69, 9.17) is 0 Å². The minimum Gasteiger partial charge on any atom is -0.326 e. The Kier molecular flexibility index (Phi) is 5.20. The van der Waals surface area contributed by atoms with E-state index in [9.17, 15) is 4.79 Å². The Morgan fingerprint density at radius 3 is 2.67 bits per heavy atom. The second-order valence-electron chi connectivity index (χ2n) is 6.85. The van der Waals surface area contributed by atoms with Crippen LogP contribution in [0.3, 0.4) is 0 Å². The Hall–Kier alpha value is -3.06. The molecule has 1 saturated heterocycles. The van der Waals surface area contributed by atoms with Gasteiger partial charge in [-0.1, -0.05) is 30.3 Å². The van der Waals surface area contributed by atoms with Gasteiger partial charge in [0.25, 0.3) is 0 Å². The summed E-state index contributed by atoms with van der Waals surface area (Å²) in [7, 11) is 0. The molecule has 0 aliphatic carbocycles. The average molecular weight is 362 g/mol. The van der Waals surface area contributed by atoms with E-state index in [0.29, 0.717) is 0 Å². The van der Waals surface area contributed by atoms with Gasteiger partial charge >= 0.3 is 0 Å². The summed E-state index contributed by atoms with van der Waals surface area (Å²) in [5.74, 6) is 0.101. The van der Waals surface area contributed by atoms with Crippen LogP contribution in [-0.2, 0) is 11.3 Å². The number of hydrogen-bond acceptors (Lipinski definition) is 5. The van der Waals surface area contributed by atoms with Gasteiger partial charge in [-0.25, -0.2) is 4.68 Å². The number of amides is 1. The number of carbonyl (C=O) groups is 1. The zero-order valence-corrected chi connectivity index (χ0v) is 15.0. The molecule has 1 aliphatic rings. The van der Waals surface area contributed by atoms with Crippen molar-refractivity contribution < 1.29 is 4.79 Å².